The first-order valence-corrected chi connectivity index (χ1v) is 13.6. The van der Waals surface area contributed by atoms with Gasteiger partial charge in [0.1, 0.15) is 0 Å². The van der Waals surface area contributed by atoms with Crippen molar-refractivity contribution in [1.82, 2.24) is 10.3 Å². The highest BCUT2D eigenvalue weighted by Crippen LogP contribution is 2.38. The third-order valence-corrected chi connectivity index (χ3v) is 8.59. The van der Waals surface area contributed by atoms with Gasteiger partial charge in [-0.2, -0.15) is 0 Å². The molecule has 1 aliphatic heterocycles. The van der Waals surface area contributed by atoms with Crippen molar-refractivity contribution in [1.29, 1.82) is 0 Å². The molecule has 5 rings (SSSR count). The van der Waals surface area contributed by atoms with Crippen LogP contribution in [0.3, 0.4) is 0 Å². The third kappa shape index (κ3) is 5.26. The van der Waals surface area contributed by atoms with E-state index in [1.165, 1.54) is 6.07 Å². The Morgan fingerprint density at radius 3 is 2.40 bits per heavy atom. The van der Waals surface area contributed by atoms with Crippen LogP contribution in [-0.2, 0) is 20.4 Å². The number of benzene rings is 2. The first kappa shape index (κ1) is 23.6. The molecule has 180 valence electrons. The van der Waals surface area contributed by atoms with Crippen molar-refractivity contribution in [3.05, 3.63) is 105 Å². The van der Waals surface area contributed by atoms with Gasteiger partial charge in [-0.25, -0.2) is 8.42 Å². The summed E-state index contributed by atoms with van der Waals surface area (Å²) in [7, 11) is -3.66. The summed E-state index contributed by atoms with van der Waals surface area (Å²) in [5, 5.41) is 3.03. The summed E-state index contributed by atoms with van der Waals surface area (Å²) >= 11 is 6.51. The van der Waals surface area contributed by atoms with Crippen molar-refractivity contribution in [2.24, 2.45) is 0 Å². The number of H-pyrrole nitrogens is 1. The Balaban J connectivity index is 1.52. The van der Waals surface area contributed by atoms with Gasteiger partial charge in [-0.3, -0.25) is 9.59 Å². The number of hydrogen-bond acceptors (Lipinski definition) is 4. The van der Waals surface area contributed by atoms with E-state index < -0.39 is 9.84 Å². The number of nitrogens with one attached hydrogen (secondary N) is 2. The fourth-order valence-corrected chi connectivity index (χ4v) is 6.41. The Morgan fingerprint density at radius 2 is 1.77 bits per heavy atom. The predicted octanol–water partition coefficient (Wildman–Crippen LogP) is 4.59. The molecule has 2 fully saturated rings. The molecular weight excluding hydrogens is 484 g/mol. The Kier molecular flexibility index (Phi) is 6.38. The molecule has 1 amide bonds. The molecule has 2 aliphatic rings. The minimum Gasteiger partial charge on any atom is -0.350 e. The first-order chi connectivity index (χ1) is 16.8. The van der Waals surface area contributed by atoms with E-state index in [9.17, 15) is 18.0 Å². The molecule has 35 heavy (non-hydrogen) atoms. The van der Waals surface area contributed by atoms with Gasteiger partial charge < -0.3 is 10.3 Å². The molecule has 3 aromatic rings. The predicted molar refractivity (Wildman–Crippen MR) is 136 cm³/mol. The van der Waals surface area contributed by atoms with Gasteiger partial charge in [0.15, 0.2) is 9.84 Å². The average Bonchev–Trinajstić information content (AvgIpc) is 3.58. The number of sulfone groups is 1. The Bertz CT molecular complexity index is 1470. The SMILES string of the molecule is O=C1CC[C@H](/C=C(/c2ccc(S(=O)(=O)Cc3ccccc3)c(Cl)c2)c2ccc(C3CC3)c(=O)[nH]2)N1. The summed E-state index contributed by atoms with van der Waals surface area (Å²) in [6.07, 6.45) is 5.02. The molecule has 2 N–H and O–H groups in total. The van der Waals surface area contributed by atoms with E-state index in [0.29, 0.717) is 41.2 Å². The number of rotatable bonds is 7. The zero-order valence-corrected chi connectivity index (χ0v) is 20.5. The Hall–Kier alpha value is -3.16. The van der Waals surface area contributed by atoms with E-state index in [1.54, 1.807) is 36.4 Å². The van der Waals surface area contributed by atoms with E-state index in [0.717, 1.165) is 18.4 Å². The van der Waals surface area contributed by atoms with Crippen LogP contribution in [0.1, 0.15) is 54.0 Å². The van der Waals surface area contributed by atoms with Crippen LogP contribution < -0.4 is 10.9 Å². The van der Waals surface area contributed by atoms with E-state index in [4.69, 9.17) is 11.6 Å². The van der Waals surface area contributed by atoms with E-state index >= 15 is 0 Å². The molecule has 0 bridgehead atoms. The van der Waals surface area contributed by atoms with Crippen molar-refractivity contribution >= 4 is 32.9 Å². The van der Waals surface area contributed by atoms with Gasteiger partial charge in [0, 0.05) is 29.3 Å². The van der Waals surface area contributed by atoms with Crippen molar-refractivity contribution in [2.75, 3.05) is 0 Å². The monoisotopic (exact) mass is 508 g/mol. The van der Waals surface area contributed by atoms with E-state index in [-0.39, 0.29) is 33.2 Å². The lowest BCUT2D eigenvalue weighted by atomic mass is 9.98. The molecule has 0 unspecified atom stereocenters. The van der Waals surface area contributed by atoms with Crippen LogP contribution in [-0.4, -0.2) is 25.4 Å². The van der Waals surface area contributed by atoms with Gasteiger partial charge in [0.25, 0.3) is 5.56 Å². The normalized spacial score (nSPS) is 18.5. The molecule has 2 heterocycles. The molecule has 1 aromatic heterocycles. The molecule has 1 atom stereocenters. The van der Waals surface area contributed by atoms with Crippen molar-refractivity contribution in [3.63, 3.8) is 0 Å². The minimum atomic E-state index is -3.66. The average molecular weight is 509 g/mol. The summed E-state index contributed by atoms with van der Waals surface area (Å²) in [5.41, 5.74) is 3.27. The lowest BCUT2D eigenvalue weighted by Crippen LogP contribution is -2.23. The molecule has 0 spiro atoms. The van der Waals surface area contributed by atoms with Gasteiger partial charge in [-0.15, -0.1) is 0 Å². The largest absolute Gasteiger partial charge is 0.350 e. The molecule has 6 nitrogen and oxygen atoms in total. The lowest BCUT2D eigenvalue weighted by molar-refractivity contribution is -0.119. The summed E-state index contributed by atoms with van der Waals surface area (Å²) in [5.74, 6) is 0.140. The van der Waals surface area contributed by atoms with Crippen LogP contribution in [0.25, 0.3) is 5.57 Å². The number of halogens is 1. The van der Waals surface area contributed by atoms with Crippen LogP contribution in [0.5, 0.6) is 0 Å². The summed E-state index contributed by atoms with van der Waals surface area (Å²) in [4.78, 5) is 27.5. The molecular formula is C27H25ClN2O4S. The maximum atomic E-state index is 13.0. The summed E-state index contributed by atoms with van der Waals surface area (Å²) in [6.45, 7) is 0. The zero-order chi connectivity index (χ0) is 24.6. The first-order valence-electron chi connectivity index (χ1n) is 11.6. The van der Waals surface area contributed by atoms with Crippen LogP contribution in [0.4, 0.5) is 0 Å². The van der Waals surface area contributed by atoms with E-state index in [1.807, 2.05) is 24.3 Å². The van der Waals surface area contributed by atoms with E-state index in [2.05, 4.69) is 10.3 Å². The number of hydrogen-bond donors (Lipinski definition) is 2. The topological polar surface area (TPSA) is 96.1 Å². The third-order valence-electron chi connectivity index (χ3n) is 6.42. The lowest BCUT2D eigenvalue weighted by Gasteiger charge is -2.14. The minimum absolute atomic E-state index is 0.0245. The molecule has 8 heteroatoms. The highest BCUT2D eigenvalue weighted by Gasteiger charge is 2.27. The Morgan fingerprint density at radius 1 is 1.00 bits per heavy atom. The van der Waals surface area contributed by atoms with Gasteiger partial charge in [0.2, 0.25) is 5.91 Å². The van der Waals surface area contributed by atoms with Crippen LogP contribution in [0.2, 0.25) is 5.02 Å². The number of aromatic amines is 1. The van der Waals surface area contributed by atoms with Crippen LogP contribution in [0, 0.1) is 0 Å². The number of amides is 1. The second kappa shape index (κ2) is 9.47. The van der Waals surface area contributed by atoms with Gasteiger partial charge in [-0.1, -0.05) is 60.1 Å². The quantitative estimate of drug-likeness (QED) is 0.488. The fraction of sp³-hybridized carbons (Fsp3) is 0.259. The standard InChI is InChI=1S/C27H25ClN2O4S/c28-23-14-19(8-12-25(23)35(33,34)16-17-4-2-1-3-5-17)22(15-20-9-13-26(31)29-20)24-11-10-21(18-6-7-18)27(32)30-24/h1-5,8,10-12,14-15,18,20H,6-7,9,13,16H2,(H,29,31)(H,30,32)/b22-15-/t20-/m1/s1. The summed E-state index contributed by atoms with van der Waals surface area (Å²) in [6, 6.07) is 17.3. The molecule has 1 saturated heterocycles. The second-order valence-corrected chi connectivity index (χ2v) is 11.5. The molecule has 0 radical (unpaired) electrons. The van der Waals surface area contributed by atoms with Crippen molar-refractivity contribution < 1.29 is 13.2 Å². The second-order valence-electron chi connectivity index (χ2n) is 9.11. The van der Waals surface area contributed by atoms with Crippen LogP contribution in [0.15, 0.2) is 76.4 Å². The maximum absolute atomic E-state index is 13.0. The number of carbonyl (C=O) groups is 1. The number of aromatic nitrogens is 1. The van der Waals surface area contributed by atoms with Crippen molar-refractivity contribution in [3.8, 4) is 0 Å². The van der Waals surface area contributed by atoms with Crippen molar-refractivity contribution in [2.45, 2.75) is 48.3 Å². The molecule has 1 aliphatic carbocycles. The Labute approximate surface area is 209 Å². The van der Waals surface area contributed by atoms with Gasteiger partial charge >= 0.3 is 0 Å². The van der Waals surface area contributed by atoms with Gasteiger partial charge in [0.05, 0.1) is 15.7 Å². The maximum Gasteiger partial charge on any atom is 0.251 e. The molecule has 2 aromatic carbocycles. The molecule has 1 saturated carbocycles. The smallest absolute Gasteiger partial charge is 0.251 e. The number of carbonyl (C=O) groups excluding carboxylic acids is 1. The fourth-order valence-electron chi connectivity index (χ4n) is 4.46. The zero-order valence-electron chi connectivity index (χ0n) is 19.0. The van der Waals surface area contributed by atoms with Crippen LogP contribution >= 0.6 is 11.6 Å². The number of pyridine rings is 1. The summed E-state index contributed by atoms with van der Waals surface area (Å²) < 4.78 is 26.1. The van der Waals surface area contributed by atoms with Gasteiger partial charge in [-0.05, 0) is 54.5 Å². The highest BCUT2D eigenvalue weighted by molar-refractivity contribution is 7.90. The highest BCUT2D eigenvalue weighted by atomic mass is 35.5.